The molecule has 1 aromatic rings. The molecule has 1 aliphatic heterocycles. The van der Waals surface area contributed by atoms with Gasteiger partial charge in [-0.05, 0) is 25.1 Å². The standard InChI is InChI=1S/C15H18F3N3O/c1-11(22)10-20-4-6-21(7-5-20)13-2-3-14(15(16,17)18)12(8-13)9-19/h2-3,8,11,22H,4-7,10H2,1H3/t11-/m1/s1. The van der Waals surface area contributed by atoms with Crippen molar-refractivity contribution in [3.8, 4) is 6.07 Å². The zero-order chi connectivity index (χ0) is 16.3. The van der Waals surface area contributed by atoms with Crippen LogP contribution < -0.4 is 4.90 Å². The molecule has 1 heterocycles. The highest BCUT2D eigenvalue weighted by molar-refractivity contribution is 5.55. The Bertz CT molecular complexity index is 558. The third-order valence-corrected chi connectivity index (χ3v) is 3.69. The fourth-order valence-corrected chi connectivity index (χ4v) is 2.63. The van der Waals surface area contributed by atoms with Crippen molar-refractivity contribution in [2.75, 3.05) is 37.6 Å². The molecule has 1 N–H and O–H groups in total. The van der Waals surface area contributed by atoms with E-state index >= 15 is 0 Å². The predicted molar refractivity (Wildman–Crippen MR) is 76.5 cm³/mol. The van der Waals surface area contributed by atoms with Crippen molar-refractivity contribution in [3.05, 3.63) is 29.3 Å². The lowest BCUT2D eigenvalue weighted by Crippen LogP contribution is -2.48. The highest BCUT2D eigenvalue weighted by atomic mass is 19.4. The minimum atomic E-state index is -4.51. The summed E-state index contributed by atoms with van der Waals surface area (Å²) in [5.74, 6) is 0. The number of piperazine rings is 1. The lowest BCUT2D eigenvalue weighted by Gasteiger charge is -2.36. The molecule has 1 aromatic carbocycles. The Labute approximate surface area is 127 Å². The first-order valence-corrected chi connectivity index (χ1v) is 7.08. The summed E-state index contributed by atoms with van der Waals surface area (Å²) in [6.07, 6.45) is -4.91. The van der Waals surface area contributed by atoms with Crippen LogP contribution in [0.25, 0.3) is 0 Å². The van der Waals surface area contributed by atoms with E-state index in [1.165, 1.54) is 12.1 Å². The summed E-state index contributed by atoms with van der Waals surface area (Å²) in [6.45, 7) is 5.08. The molecule has 1 atom stereocenters. The zero-order valence-electron chi connectivity index (χ0n) is 12.3. The van der Waals surface area contributed by atoms with E-state index in [9.17, 15) is 18.3 Å². The number of rotatable bonds is 3. The monoisotopic (exact) mass is 313 g/mol. The van der Waals surface area contributed by atoms with Crippen molar-refractivity contribution in [1.29, 1.82) is 5.26 Å². The van der Waals surface area contributed by atoms with Crippen molar-refractivity contribution in [1.82, 2.24) is 4.90 Å². The number of hydrogen-bond donors (Lipinski definition) is 1. The Kier molecular flexibility index (Phi) is 4.94. The maximum absolute atomic E-state index is 12.8. The Hall–Kier alpha value is -1.78. The summed E-state index contributed by atoms with van der Waals surface area (Å²) in [5, 5.41) is 18.3. The van der Waals surface area contributed by atoms with E-state index in [1.54, 1.807) is 13.0 Å². The Morgan fingerprint density at radius 1 is 1.27 bits per heavy atom. The number of aliphatic hydroxyl groups excluding tert-OH is 1. The highest BCUT2D eigenvalue weighted by Crippen LogP contribution is 2.33. The van der Waals surface area contributed by atoms with Gasteiger partial charge in [-0.1, -0.05) is 0 Å². The number of hydrogen-bond acceptors (Lipinski definition) is 4. The summed E-state index contributed by atoms with van der Waals surface area (Å²) in [7, 11) is 0. The Balaban J connectivity index is 2.10. The van der Waals surface area contributed by atoms with Crippen LogP contribution in [-0.4, -0.2) is 48.8 Å². The third-order valence-electron chi connectivity index (χ3n) is 3.69. The lowest BCUT2D eigenvalue weighted by molar-refractivity contribution is -0.137. The van der Waals surface area contributed by atoms with Gasteiger partial charge in [0.05, 0.1) is 23.3 Å². The second-order valence-corrected chi connectivity index (χ2v) is 5.48. The first-order chi connectivity index (χ1) is 10.3. The molecular weight excluding hydrogens is 295 g/mol. The molecule has 0 aromatic heterocycles. The number of aliphatic hydroxyl groups is 1. The second kappa shape index (κ2) is 6.55. The first-order valence-electron chi connectivity index (χ1n) is 7.08. The molecular formula is C15H18F3N3O. The Morgan fingerprint density at radius 3 is 2.41 bits per heavy atom. The van der Waals surface area contributed by atoms with Crippen LogP contribution in [0.15, 0.2) is 18.2 Å². The van der Waals surface area contributed by atoms with Gasteiger partial charge in [-0.2, -0.15) is 18.4 Å². The average Bonchev–Trinajstić information content (AvgIpc) is 2.46. The van der Waals surface area contributed by atoms with E-state index in [0.29, 0.717) is 25.3 Å². The smallest absolute Gasteiger partial charge is 0.392 e. The van der Waals surface area contributed by atoms with Crippen LogP contribution in [-0.2, 0) is 6.18 Å². The van der Waals surface area contributed by atoms with E-state index in [4.69, 9.17) is 5.26 Å². The SMILES string of the molecule is C[C@@H](O)CN1CCN(c2ccc(C(F)(F)F)c(C#N)c2)CC1. The molecule has 22 heavy (non-hydrogen) atoms. The van der Waals surface area contributed by atoms with Gasteiger partial charge in [0.15, 0.2) is 0 Å². The average molecular weight is 313 g/mol. The van der Waals surface area contributed by atoms with E-state index in [-0.39, 0.29) is 5.56 Å². The highest BCUT2D eigenvalue weighted by Gasteiger charge is 2.34. The number of halogens is 3. The number of alkyl halides is 3. The topological polar surface area (TPSA) is 50.5 Å². The fraction of sp³-hybridized carbons (Fsp3) is 0.533. The van der Waals surface area contributed by atoms with Gasteiger partial charge >= 0.3 is 6.18 Å². The number of nitrogens with zero attached hydrogens (tertiary/aromatic N) is 3. The van der Waals surface area contributed by atoms with Crippen LogP contribution in [0.2, 0.25) is 0 Å². The third kappa shape index (κ3) is 3.90. The van der Waals surface area contributed by atoms with Gasteiger partial charge in [0, 0.05) is 38.4 Å². The Morgan fingerprint density at radius 2 is 1.91 bits per heavy atom. The van der Waals surface area contributed by atoms with E-state index in [2.05, 4.69) is 4.90 Å². The van der Waals surface area contributed by atoms with Crippen LogP contribution in [0.1, 0.15) is 18.1 Å². The van der Waals surface area contributed by atoms with Gasteiger partial charge in [0.25, 0.3) is 0 Å². The maximum Gasteiger partial charge on any atom is 0.417 e. The number of β-amino-alcohol motifs (C(OH)–C–C–N with tert-alkyl or cyclic N) is 1. The van der Waals surface area contributed by atoms with Crippen LogP contribution in [0, 0.1) is 11.3 Å². The molecule has 2 rings (SSSR count). The zero-order valence-corrected chi connectivity index (χ0v) is 12.3. The quantitative estimate of drug-likeness (QED) is 0.928. The number of nitriles is 1. The van der Waals surface area contributed by atoms with E-state index in [1.807, 2.05) is 4.90 Å². The fourth-order valence-electron chi connectivity index (χ4n) is 2.63. The molecule has 120 valence electrons. The molecule has 1 saturated heterocycles. The summed E-state index contributed by atoms with van der Waals surface area (Å²) in [4.78, 5) is 4.07. The van der Waals surface area contributed by atoms with Crippen LogP contribution in [0.5, 0.6) is 0 Å². The van der Waals surface area contributed by atoms with Crippen LogP contribution in [0.4, 0.5) is 18.9 Å². The second-order valence-electron chi connectivity index (χ2n) is 5.48. The molecule has 0 saturated carbocycles. The first kappa shape index (κ1) is 16.6. The summed E-state index contributed by atoms with van der Waals surface area (Å²) in [5.41, 5.74) is -0.621. The van der Waals surface area contributed by atoms with Gasteiger partial charge in [0.2, 0.25) is 0 Å². The van der Waals surface area contributed by atoms with Crippen molar-refractivity contribution >= 4 is 5.69 Å². The minimum Gasteiger partial charge on any atom is -0.392 e. The molecule has 0 aliphatic carbocycles. The molecule has 1 aliphatic rings. The molecule has 0 bridgehead atoms. The summed E-state index contributed by atoms with van der Waals surface area (Å²) < 4.78 is 38.4. The minimum absolute atomic E-state index is 0.351. The molecule has 7 heteroatoms. The lowest BCUT2D eigenvalue weighted by atomic mass is 10.1. The van der Waals surface area contributed by atoms with Gasteiger partial charge in [-0.3, -0.25) is 4.90 Å². The largest absolute Gasteiger partial charge is 0.417 e. The van der Waals surface area contributed by atoms with Crippen LogP contribution in [0.3, 0.4) is 0 Å². The van der Waals surface area contributed by atoms with Gasteiger partial charge < -0.3 is 10.0 Å². The summed E-state index contributed by atoms with van der Waals surface area (Å²) >= 11 is 0. The van der Waals surface area contributed by atoms with Crippen molar-refractivity contribution in [3.63, 3.8) is 0 Å². The maximum atomic E-state index is 12.8. The molecule has 0 radical (unpaired) electrons. The van der Waals surface area contributed by atoms with Gasteiger partial charge in [-0.25, -0.2) is 0 Å². The van der Waals surface area contributed by atoms with Crippen molar-refractivity contribution in [2.24, 2.45) is 0 Å². The van der Waals surface area contributed by atoms with Crippen LogP contribution >= 0.6 is 0 Å². The number of anilines is 1. The van der Waals surface area contributed by atoms with Gasteiger partial charge in [-0.15, -0.1) is 0 Å². The van der Waals surface area contributed by atoms with Crippen molar-refractivity contribution in [2.45, 2.75) is 19.2 Å². The number of benzene rings is 1. The molecule has 0 spiro atoms. The van der Waals surface area contributed by atoms with E-state index < -0.39 is 17.8 Å². The molecule has 1 fully saturated rings. The normalized spacial score (nSPS) is 18.1. The predicted octanol–water partition coefficient (Wildman–Crippen LogP) is 2.08. The molecule has 0 unspecified atom stereocenters. The van der Waals surface area contributed by atoms with Crippen molar-refractivity contribution < 1.29 is 18.3 Å². The summed E-state index contributed by atoms with van der Waals surface area (Å²) in [6, 6.07) is 5.30. The molecule has 0 amide bonds. The molecule has 4 nitrogen and oxygen atoms in total. The van der Waals surface area contributed by atoms with E-state index in [0.717, 1.165) is 19.2 Å². The van der Waals surface area contributed by atoms with Gasteiger partial charge in [0.1, 0.15) is 0 Å².